The molecule has 0 heterocycles. The molecule has 100 valence electrons. The van der Waals surface area contributed by atoms with Gasteiger partial charge in [-0.3, -0.25) is 4.79 Å². The Bertz CT molecular complexity index is 398. The molecule has 0 aliphatic heterocycles. The molecule has 0 saturated heterocycles. The molecular weight excluding hydrogens is 228 g/mol. The SMILES string of the molecule is CCC(C)(CO)NC(=O)C(C)(N)c1ccccc1. The van der Waals surface area contributed by atoms with Gasteiger partial charge in [0.2, 0.25) is 5.91 Å². The van der Waals surface area contributed by atoms with Crippen LogP contribution in [0.15, 0.2) is 30.3 Å². The van der Waals surface area contributed by atoms with E-state index in [9.17, 15) is 9.90 Å². The number of nitrogens with two attached hydrogens (primary N) is 1. The first-order valence-electron chi connectivity index (χ1n) is 6.13. The van der Waals surface area contributed by atoms with E-state index in [1.54, 1.807) is 13.8 Å². The highest BCUT2D eigenvalue weighted by atomic mass is 16.3. The van der Waals surface area contributed by atoms with Crippen molar-refractivity contribution in [2.45, 2.75) is 38.3 Å². The lowest BCUT2D eigenvalue weighted by molar-refractivity contribution is -0.128. The molecule has 0 saturated carbocycles. The maximum Gasteiger partial charge on any atom is 0.244 e. The van der Waals surface area contributed by atoms with Crippen LogP contribution in [0.3, 0.4) is 0 Å². The van der Waals surface area contributed by atoms with Gasteiger partial charge in [0.15, 0.2) is 0 Å². The van der Waals surface area contributed by atoms with Crippen molar-refractivity contribution < 1.29 is 9.90 Å². The van der Waals surface area contributed by atoms with Crippen LogP contribution in [0.4, 0.5) is 0 Å². The fourth-order valence-corrected chi connectivity index (χ4v) is 1.56. The zero-order valence-corrected chi connectivity index (χ0v) is 11.2. The number of amides is 1. The summed E-state index contributed by atoms with van der Waals surface area (Å²) in [5.41, 5.74) is 5.12. The number of hydrogen-bond donors (Lipinski definition) is 3. The molecule has 0 fully saturated rings. The molecule has 1 rings (SSSR count). The molecule has 1 amide bonds. The first-order valence-corrected chi connectivity index (χ1v) is 6.13. The van der Waals surface area contributed by atoms with Crippen molar-refractivity contribution in [3.05, 3.63) is 35.9 Å². The van der Waals surface area contributed by atoms with Crippen LogP contribution in [0, 0.1) is 0 Å². The summed E-state index contributed by atoms with van der Waals surface area (Å²) in [6, 6.07) is 9.21. The summed E-state index contributed by atoms with van der Waals surface area (Å²) in [4.78, 5) is 12.3. The van der Waals surface area contributed by atoms with E-state index >= 15 is 0 Å². The van der Waals surface area contributed by atoms with Gasteiger partial charge in [-0.2, -0.15) is 0 Å². The molecule has 0 spiro atoms. The Kier molecular flexibility index (Phi) is 4.48. The van der Waals surface area contributed by atoms with E-state index in [4.69, 9.17) is 5.73 Å². The van der Waals surface area contributed by atoms with Crippen LogP contribution < -0.4 is 11.1 Å². The van der Waals surface area contributed by atoms with Crippen molar-refractivity contribution in [1.82, 2.24) is 5.32 Å². The van der Waals surface area contributed by atoms with Gasteiger partial charge in [0.25, 0.3) is 0 Å². The number of carbonyl (C=O) groups excluding carboxylic acids is 1. The Labute approximate surface area is 108 Å². The summed E-state index contributed by atoms with van der Waals surface area (Å²) >= 11 is 0. The van der Waals surface area contributed by atoms with Gasteiger partial charge in [0.1, 0.15) is 5.54 Å². The van der Waals surface area contributed by atoms with Crippen LogP contribution in [0.2, 0.25) is 0 Å². The van der Waals surface area contributed by atoms with Gasteiger partial charge >= 0.3 is 0 Å². The van der Waals surface area contributed by atoms with Crippen molar-refractivity contribution in [2.75, 3.05) is 6.61 Å². The molecule has 18 heavy (non-hydrogen) atoms. The molecule has 1 aromatic rings. The van der Waals surface area contributed by atoms with Crippen LogP contribution in [-0.2, 0) is 10.3 Å². The second-order valence-electron chi connectivity index (χ2n) is 5.09. The number of benzene rings is 1. The predicted molar refractivity (Wildman–Crippen MR) is 71.9 cm³/mol. The third-order valence-corrected chi connectivity index (χ3v) is 3.39. The van der Waals surface area contributed by atoms with E-state index in [-0.39, 0.29) is 12.5 Å². The molecule has 4 nitrogen and oxygen atoms in total. The average Bonchev–Trinajstić information content (AvgIpc) is 2.39. The zero-order chi connectivity index (χ0) is 13.8. The summed E-state index contributed by atoms with van der Waals surface area (Å²) in [6.45, 7) is 5.27. The average molecular weight is 250 g/mol. The number of carbonyl (C=O) groups is 1. The second-order valence-corrected chi connectivity index (χ2v) is 5.09. The Morgan fingerprint density at radius 2 is 1.89 bits per heavy atom. The largest absolute Gasteiger partial charge is 0.394 e. The monoisotopic (exact) mass is 250 g/mol. The minimum Gasteiger partial charge on any atom is -0.394 e. The number of aliphatic hydroxyl groups is 1. The van der Waals surface area contributed by atoms with Gasteiger partial charge in [-0.15, -0.1) is 0 Å². The second kappa shape index (κ2) is 5.50. The molecule has 0 radical (unpaired) electrons. The summed E-state index contributed by atoms with van der Waals surface area (Å²) in [5, 5.41) is 12.1. The molecule has 0 bridgehead atoms. The fourth-order valence-electron chi connectivity index (χ4n) is 1.56. The van der Waals surface area contributed by atoms with Crippen LogP contribution in [-0.4, -0.2) is 23.2 Å². The first kappa shape index (κ1) is 14.7. The van der Waals surface area contributed by atoms with Crippen molar-refractivity contribution in [1.29, 1.82) is 0 Å². The van der Waals surface area contributed by atoms with Crippen molar-refractivity contribution in [3.8, 4) is 0 Å². The topological polar surface area (TPSA) is 75.3 Å². The third kappa shape index (κ3) is 3.09. The van der Waals surface area contributed by atoms with Gasteiger partial charge < -0.3 is 16.2 Å². The molecule has 2 atom stereocenters. The Morgan fingerprint density at radius 1 is 1.33 bits per heavy atom. The van der Waals surface area contributed by atoms with Crippen LogP contribution >= 0.6 is 0 Å². The van der Waals surface area contributed by atoms with Gasteiger partial charge in [-0.1, -0.05) is 37.3 Å². The number of nitrogens with one attached hydrogen (secondary N) is 1. The van der Waals surface area contributed by atoms with Gasteiger partial charge in [0, 0.05) is 0 Å². The first-order chi connectivity index (χ1) is 8.35. The standard InChI is InChI=1S/C14H22N2O2/c1-4-13(2,10-17)16-12(18)14(3,15)11-8-6-5-7-9-11/h5-9,17H,4,10,15H2,1-3H3,(H,16,18). The third-order valence-electron chi connectivity index (χ3n) is 3.39. The zero-order valence-electron chi connectivity index (χ0n) is 11.2. The Balaban J connectivity index is 2.90. The van der Waals surface area contributed by atoms with Crippen molar-refractivity contribution >= 4 is 5.91 Å². The van der Waals surface area contributed by atoms with E-state index < -0.39 is 11.1 Å². The van der Waals surface area contributed by atoms with Gasteiger partial charge in [0.05, 0.1) is 12.1 Å². The van der Waals surface area contributed by atoms with E-state index in [0.717, 1.165) is 5.56 Å². The Hall–Kier alpha value is -1.39. The highest BCUT2D eigenvalue weighted by Crippen LogP contribution is 2.19. The summed E-state index contributed by atoms with van der Waals surface area (Å²) < 4.78 is 0. The fraction of sp³-hybridized carbons (Fsp3) is 0.500. The molecule has 4 N–H and O–H groups in total. The smallest absolute Gasteiger partial charge is 0.244 e. The minimum atomic E-state index is -1.10. The highest BCUT2D eigenvalue weighted by molar-refractivity contribution is 5.87. The molecule has 2 unspecified atom stereocenters. The van der Waals surface area contributed by atoms with Crippen molar-refractivity contribution in [2.24, 2.45) is 5.73 Å². The molecule has 0 aliphatic rings. The molecule has 1 aromatic carbocycles. The van der Waals surface area contributed by atoms with Gasteiger partial charge in [-0.25, -0.2) is 0 Å². The van der Waals surface area contributed by atoms with E-state index in [0.29, 0.717) is 6.42 Å². The Morgan fingerprint density at radius 3 is 2.33 bits per heavy atom. The van der Waals surface area contributed by atoms with E-state index in [1.165, 1.54) is 0 Å². The summed E-state index contributed by atoms with van der Waals surface area (Å²) in [7, 11) is 0. The maximum atomic E-state index is 12.3. The highest BCUT2D eigenvalue weighted by Gasteiger charge is 2.34. The lowest BCUT2D eigenvalue weighted by Gasteiger charge is -2.32. The predicted octanol–water partition coefficient (Wildman–Crippen LogP) is 1.14. The van der Waals surface area contributed by atoms with Crippen molar-refractivity contribution in [3.63, 3.8) is 0 Å². The number of aliphatic hydroxyl groups excluding tert-OH is 1. The lowest BCUT2D eigenvalue weighted by atomic mass is 9.90. The van der Waals surface area contributed by atoms with Crippen LogP contribution in [0.1, 0.15) is 32.8 Å². The minimum absolute atomic E-state index is 0.111. The van der Waals surface area contributed by atoms with Gasteiger partial charge in [-0.05, 0) is 25.8 Å². The number of hydrogen-bond acceptors (Lipinski definition) is 3. The molecule has 0 aliphatic carbocycles. The molecule has 4 heteroatoms. The number of rotatable bonds is 5. The maximum absolute atomic E-state index is 12.3. The molecule has 0 aromatic heterocycles. The quantitative estimate of drug-likeness (QED) is 0.733. The van der Waals surface area contributed by atoms with Crippen LogP contribution in [0.5, 0.6) is 0 Å². The lowest BCUT2D eigenvalue weighted by Crippen LogP contribution is -2.57. The summed E-state index contributed by atoms with van der Waals surface area (Å²) in [6.07, 6.45) is 0.639. The molecular formula is C14H22N2O2. The van der Waals surface area contributed by atoms with E-state index in [1.807, 2.05) is 37.3 Å². The normalized spacial score (nSPS) is 17.6. The van der Waals surface area contributed by atoms with E-state index in [2.05, 4.69) is 5.32 Å². The van der Waals surface area contributed by atoms with Crippen LogP contribution in [0.25, 0.3) is 0 Å². The summed E-state index contributed by atoms with van der Waals surface area (Å²) in [5.74, 6) is -0.285.